The van der Waals surface area contributed by atoms with Gasteiger partial charge in [-0.2, -0.15) is 10.2 Å². The zero-order chi connectivity index (χ0) is 18.5. The highest BCUT2D eigenvalue weighted by Gasteiger charge is 2.22. The first-order chi connectivity index (χ1) is 12.7. The quantitative estimate of drug-likeness (QED) is 0.652. The topological polar surface area (TPSA) is 91.0 Å². The fraction of sp³-hybridized carbons (Fsp3) is 0.263. The molecule has 3 rings (SSSR count). The van der Waals surface area contributed by atoms with Gasteiger partial charge in [-0.1, -0.05) is 30.3 Å². The molecule has 1 N–H and O–H groups in total. The summed E-state index contributed by atoms with van der Waals surface area (Å²) in [4.78, 5) is 30.0. The molecule has 0 unspecified atom stereocenters. The molecule has 1 amide bonds. The summed E-state index contributed by atoms with van der Waals surface area (Å²) in [7, 11) is 0. The fourth-order valence-electron chi connectivity index (χ4n) is 3.21. The maximum absolute atomic E-state index is 12.7. The maximum Gasteiger partial charge on any atom is 0.275 e. The summed E-state index contributed by atoms with van der Waals surface area (Å²) in [6.07, 6.45) is 3.59. The van der Waals surface area contributed by atoms with Crippen LogP contribution in [0.15, 0.2) is 41.7 Å². The second-order valence-electron chi connectivity index (χ2n) is 5.97. The van der Waals surface area contributed by atoms with Crippen LogP contribution in [0.2, 0.25) is 0 Å². The van der Waals surface area contributed by atoms with Crippen molar-refractivity contribution in [2.45, 2.75) is 19.4 Å². The van der Waals surface area contributed by atoms with E-state index in [0.29, 0.717) is 25.3 Å². The number of allylic oxidation sites excluding steroid dienone is 1. The molecule has 1 aliphatic heterocycles. The second-order valence-corrected chi connectivity index (χ2v) is 5.97. The van der Waals surface area contributed by atoms with E-state index >= 15 is 0 Å². The standard InChI is InChI=1S/C19H19N5O2/c1-2-9-24-18(26)16(12-20)17(22-19(24)21-13-25)23-10-7-14-5-3-4-6-15(14)8-11-23/h2-6,13H,1,7-11H2,(H,21,22,25). The molecule has 2 aromatic rings. The predicted molar refractivity (Wildman–Crippen MR) is 99.2 cm³/mol. The zero-order valence-electron chi connectivity index (χ0n) is 14.3. The van der Waals surface area contributed by atoms with Crippen LogP contribution in [0.1, 0.15) is 16.7 Å². The Bertz CT molecular complexity index is 915. The largest absolute Gasteiger partial charge is 0.355 e. The van der Waals surface area contributed by atoms with Crippen LogP contribution in [0, 0.1) is 11.3 Å². The van der Waals surface area contributed by atoms with Gasteiger partial charge in [0.05, 0.1) is 0 Å². The molecule has 0 spiro atoms. The van der Waals surface area contributed by atoms with Crippen LogP contribution in [0.25, 0.3) is 0 Å². The molecule has 0 saturated heterocycles. The average Bonchev–Trinajstić information content (AvgIpc) is 2.87. The van der Waals surface area contributed by atoms with E-state index in [9.17, 15) is 14.9 Å². The number of aromatic nitrogens is 2. The fourth-order valence-corrected chi connectivity index (χ4v) is 3.21. The Morgan fingerprint density at radius 2 is 1.92 bits per heavy atom. The van der Waals surface area contributed by atoms with Crippen LogP contribution in [0.3, 0.4) is 0 Å². The van der Waals surface area contributed by atoms with Crippen molar-refractivity contribution < 1.29 is 4.79 Å². The first-order valence-corrected chi connectivity index (χ1v) is 8.37. The normalized spacial score (nSPS) is 13.3. The molecule has 0 radical (unpaired) electrons. The maximum atomic E-state index is 12.7. The number of hydrogen-bond donors (Lipinski definition) is 1. The van der Waals surface area contributed by atoms with Crippen LogP contribution in [0.5, 0.6) is 0 Å². The van der Waals surface area contributed by atoms with Crippen molar-refractivity contribution in [3.63, 3.8) is 0 Å². The van der Waals surface area contributed by atoms with Crippen LogP contribution < -0.4 is 15.8 Å². The minimum Gasteiger partial charge on any atom is -0.355 e. The molecule has 0 aliphatic carbocycles. The summed E-state index contributed by atoms with van der Waals surface area (Å²) < 4.78 is 1.23. The van der Waals surface area contributed by atoms with Gasteiger partial charge in [-0.3, -0.25) is 19.5 Å². The van der Waals surface area contributed by atoms with Crippen molar-refractivity contribution in [3.05, 3.63) is 64.0 Å². The highest BCUT2D eigenvalue weighted by Crippen LogP contribution is 2.22. The van der Waals surface area contributed by atoms with Gasteiger partial charge < -0.3 is 4.90 Å². The molecular weight excluding hydrogens is 330 g/mol. The van der Waals surface area contributed by atoms with Gasteiger partial charge in [0.1, 0.15) is 6.07 Å². The lowest BCUT2D eigenvalue weighted by atomic mass is 10.0. The van der Waals surface area contributed by atoms with Crippen molar-refractivity contribution in [1.82, 2.24) is 9.55 Å². The molecular formula is C19H19N5O2. The smallest absolute Gasteiger partial charge is 0.275 e. The van der Waals surface area contributed by atoms with Gasteiger partial charge in [0.25, 0.3) is 5.56 Å². The number of nitriles is 1. The Kier molecular flexibility index (Phi) is 5.13. The molecule has 7 heteroatoms. The molecule has 1 aromatic carbocycles. The van der Waals surface area contributed by atoms with Gasteiger partial charge in [0, 0.05) is 19.6 Å². The molecule has 26 heavy (non-hydrogen) atoms. The van der Waals surface area contributed by atoms with E-state index in [2.05, 4.69) is 29.0 Å². The van der Waals surface area contributed by atoms with Crippen molar-refractivity contribution in [2.75, 3.05) is 23.3 Å². The van der Waals surface area contributed by atoms with E-state index < -0.39 is 5.56 Å². The number of hydrogen-bond acceptors (Lipinski definition) is 5. The first kappa shape index (κ1) is 17.4. The third-order valence-electron chi connectivity index (χ3n) is 4.48. The molecule has 132 valence electrons. The van der Waals surface area contributed by atoms with Crippen LogP contribution >= 0.6 is 0 Å². The summed E-state index contributed by atoms with van der Waals surface area (Å²) >= 11 is 0. The van der Waals surface area contributed by atoms with Gasteiger partial charge in [-0.15, -0.1) is 6.58 Å². The SMILES string of the molecule is C=CCn1c(NC=O)nc(N2CCc3ccccc3CC2)c(C#N)c1=O. The minimum atomic E-state index is -0.483. The Morgan fingerprint density at radius 3 is 2.46 bits per heavy atom. The van der Waals surface area contributed by atoms with Crippen LogP contribution in [0.4, 0.5) is 11.8 Å². The van der Waals surface area contributed by atoms with E-state index in [1.807, 2.05) is 23.1 Å². The van der Waals surface area contributed by atoms with E-state index in [1.54, 1.807) is 0 Å². The van der Waals surface area contributed by atoms with Crippen molar-refractivity contribution >= 4 is 18.2 Å². The lowest BCUT2D eigenvalue weighted by Gasteiger charge is -2.23. The number of anilines is 2. The van der Waals surface area contributed by atoms with Crippen molar-refractivity contribution in [3.8, 4) is 6.07 Å². The number of nitrogens with one attached hydrogen (secondary N) is 1. The third kappa shape index (κ3) is 3.22. The van der Waals surface area contributed by atoms with E-state index in [4.69, 9.17) is 0 Å². The Labute approximate surface area is 151 Å². The first-order valence-electron chi connectivity index (χ1n) is 8.37. The molecule has 0 fully saturated rings. The number of amides is 1. The lowest BCUT2D eigenvalue weighted by molar-refractivity contribution is -0.105. The molecule has 0 bridgehead atoms. The number of nitrogens with zero attached hydrogens (tertiary/aromatic N) is 4. The van der Waals surface area contributed by atoms with E-state index in [0.717, 1.165) is 12.8 Å². The molecule has 7 nitrogen and oxygen atoms in total. The summed E-state index contributed by atoms with van der Waals surface area (Å²) in [5.41, 5.74) is 2.03. The number of carbonyl (C=O) groups is 1. The van der Waals surface area contributed by atoms with Gasteiger partial charge in [-0.05, 0) is 24.0 Å². The van der Waals surface area contributed by atoms with Crippen LogP contribution in [-0.2, 0) is 24.2 Å². The van der Waals surface area contributed by atoms with Crippen LogP contribution in [-0.4, -0.2) is 29.1 Å². The Balaban J connectivity index is 2.04. The molecule has 2 heterocycles. The monoisotopic (exact) mass is 349 g/mol. The predicted octanol–water partition coefficient (Wildman–Crippen LogP) is 1.47. The number of carbonyl (C=O) groups excluding carboxylic acids is 1. The highest BCUT2D eigenvalue weighted by atomic mass is 16.1. The van der Waals surface area contributed by atoms with E-state index in [-0.39, 0.29) is 18.1 Å². The average molecular weight is 349 g/mol. The van der Waals surface area contributed by atoms with Crippen molar-refractivity contribution in [2.24, 2.45) is 0 Å². The number of benzene rings is 1. The van der Waals surface area contributed by atoms with Crippen molar-refractivity contribution in [1.29, 1.82) is 5.26 Å². The molecule has 0 atom stereocenters. The molecule has 0 saturated carbocycles. The van der Waals surface area contributed by atoms with Gasteiger partial charge in [0.15, 0.2) is 11.4 Å². The lowest BCUT2D eigenvalue weighted by Crippen LogP contribution is -2.34. The number of fused-ring (bicyclic) bond motifs is 1. The summed E-state index contributed by atoms with van der Waals surface area (Å²) in [5, 5.41) is 12.0. The summed E-state index contributed by atoms with van der Waals surface area (Å²) in [6.45, 7) is 5.05. The molecule has 1 aliphatic rings. The minimum absolute atomic E-state index is 0.0192. The zero-order valence-corrected chi connectivity index (χ0v) is 14.3. The Hall–Kier alpha value is -3.40. The molecule has 1 aromatic heterocycles. The highest BCUT2D eigenvalue weighted by molar-refractivity contribution is 5.69. The van der Waals surface area contributed by atoms with E-state index in [1.165, 1.54) is 21.8 Å². The number of rotatable bonds is 5. The summed E-state index contributed by atoms with van der Waals surface area (Å²) in [6, 6.07) is 10.2. The second kappa shape index (κ2) is 7.66. The van der Waals surface area contributed by atoms with Gasteiger partial charge in [-0.25, -0.2) is 0 Å². The third-order valence-corrected chi connectivity index (χ3v) is 4.48. The summed E-state index contributed by atoms with van der Waals surface area (Å²) in [5.74, 6) is 0.427. The van der Waals surface area contributed by atoms with Gasteiger partial charge in [0.2, 0.25) is 12.4 Å². The van der Waals surface area contributed by atoms with Gasteiger partial charge >= 0.3 is 0 Å². The Morgan fingerprint density at radius 1 is 1.27 bits per heavy atom.